The first-order valence-electron chi connectivity index (χ1n) is 12.3. The van der Waals surface area contributed by atoms with Gasteiger partial charge in [-0.05, 0) is 75.5 Å². The van der Waals surface area contributed by atoms with Gasteiger partial charge in [-0.15, -0.1) is 0 Å². The molecule has 1 aliphatic heterocycles. The highest BCUT2D eigenvalue weighted by Gasteiger charge is 2.52. The number of nitrogens with zero attached hydrogens (tertiary/aromatic N) is 4. The molecule has 3 heterocycles. The smallest absolute Gasteiger partial charge is 0.311 e. The lowest BCUT2D eigenvalue weighted by Gasteiger charge is -2.44. The number of carbonyl (C=O) groups is 2. The molecule has 2 fully saturated rings. The predicted octanol–water partition coefficient (Wildman–Crippen LogP) is 3.66. The summed E-state index contributed by atoms with van der Waals surface area (Å²) in [5.41, 5.74) is 7.34. The number of aromatic nitrogens is 3. The third-order valence-electron chi connectivity index (χ3n) is 7.85. The zero-order valence-corrected chi connectivity index (χ0v) is 20.0. The molecule has 1 atom stereocenters. The number of fused-ring (bicyclic) bond motifs is 1. The normalized spacial score (nSPS) is 19.2. The first-order valence-corrected chi connectivity index (χ1v) is 12.3. The molecule has 0 bridgehead atoms. The summed E-state index contributed by atoms with van der Waals surface area (Å²) >= 11 is 0. The van der Waals surface area contributed by atoms with Crippen LogP contribution in [0.1, 0.15) is 56.0 Å². The van der Waals surface area contributed by atoms with E-state index in [9.17, 15) is 14.7 Å². The molecule has 184 valence electrons. The number of hydrogen-bond donors (Lipinski definition) is 3. The minimum atomic E-state index is -1.01. The van der Waals surface area contributed by atoms with Gasteiger partial charge in [0.05, 0.1) is 11.5 Å². The van der Waals surface area contributed by atoms with Crippen LogP contribution >= 0.6 is 0 Å². The summed E-state index contributed by atoms with van der Waals surface area (Å²) in [4.78, 5) is 35.6. The van der Waals surface area contributed by atoms with Crippen molar-refractivity contribution >= 4 is 34.5 Å². The van der Waals surface area contributed by atoms with Crippen LogP contribution in [0.4, 0.5) is 11.6 Å². The molecule has 4 N–H and O–H groups in total. The minimum absolute atomic E-state index is 0.0543. The number of carboxylic acid groups (broad SMARTS) is 1. The number of nitrogens with one attached hydrogen (secondary N) is 1. The zero-order chi connectivity index (χ0) is 24.6. The topological polar surface area (TPSA) is 126 Å². The molecule has 1 unspecified atom stereocenters. The number of anilines is 2. The molecule has 0 radical (unpaired) electrons. The van der Waals surface area contributed by atoms with Crippen LogP contribution in [0.2, 0.25) is 0 Å². The van der Waals surface area contributed by atoms with Gasteiger partial charge in [0.15, 0.2) is 0 Å². The maximum Gasteiger partial charge on any atom is 0.311 e. The monoisotopic (exact) mass is 476 g/mol. The van der Waals surface area contributed by atoms with Gasteiger partial charge < -0.3 is 25.6 Å². The van der Waals surface area contributed by atoms with Crippen molar-refractivity contribution in [2.24, 2.45) is 11.1 Å². The second-order valence-corrected chi connectivity index (χ2v) is 10.0. The molecular weight excluding hydrogens is 444 g/mol. The first-order chi connectivity index (χ1) is 16.9. The van der Waals surface area contributed by atoms with Crippen LogP contribution in [0, 0.1) is 5.41 Å². The Morgan fingerprint density at radius 2 is 1.91 bits per heavy atom. The zero-order valence-electron chi connectivity index (χ0n) is 20.0. The van der Waals surface area contributed by atoms with E-state index in [0.717, 1.165) is 30.6 Å². The molecule has 1 aromatic carbocycles. The Morgan fingerprint density at radius 3 is 2.51 bits per heavy atom. The fourth-order valence-electron chi connectivity index (χ4n) is 5.56. The Bertz CT molecular complexity index is 1230. The van der Waals surface area contributed by atoms with Crippen molar-refractivity contribution in [3.05, 3.63) is 48.3 Å². The Hall–Kier alpha value is -3.46. The summed E-state index contributed by atoms with van der Waals surface area (Å²) in [7, 11) is 2.17. The van der Waals surface area contributed by atoms with Gasteiger partial charge in [0, 0.05) is 29.9 Å². The van der Waals surface area contributed by atoms with E-state index >= 15 is 0 Å². The minimum Gasteiger partial charge on any atom is -0.481 e. The summed E-state index contributed by atoms with van der Waals surface area (Å²) in [6, 6.07) is 9.66. The lowest BCUT2D eigenvalue weighted by Crippen LogP contribution is -2.46. The number of piperidine rings is 1. The largest absolute Gasteiger partial charge is 0.481 e. The van der Waals surface area contributed by atoms with Gasteiger partial charge in [-0.25, -0.2) is 4.98 Å². The van der Waals surface area contributed by atoms with Crippen molar-refractivity contribution in [1.82, 2.24) is 19.4 Å². The van der Waals surface area contributed by atoms with Gasteiger partial charge in [-0.1, -0.05) is 18.6 Å². The highest BCUT2D eigenvalue weighted by Crippen LogP contribution is 2.51. The van der Waals surface area contributed by atoms with E-state index in [-0.39, 0.29) is 6.42 Å². The summed E-state index contributed by atoms with van der Waals surface area (Å²) in [5.74, 6) is -0.415. The predicted molar refractivity (Wildman–Crippen MR) is 133 cm³/mol. The molecule has 3 aromatic rings. The van der Waals surface area contributed by atoms with Crippen LogP contribution in [0.25, 0.3) is 11.0 Å². The number of amides is 1. The molecule has 1 aliphatic carbocycles. The summed E-state index contributed by atoms with van der Waals surface area (Å²) < 4.78 is 1.80. The number of carbonyl (C=O) groups excluding carboxylic acids is 1. The van der Waals surface area contributed by atoms with E-state index in [1.807, 2.05) is 18.2 Å². The van der Waals surface area contributed by atoms with Crippen LogP contribution < -0.4 is 11.1 Å². The highest BCUT2D eigenvalue weighted by molar-refractivity contribution is 5.82. The van der Waals surface area contributed by atoms with Gasteiger partial charge in [-0.2, -0.15) is 4.98 Å². The van der Waals surface area contributed by atoms with Gasteiger partial charge in [0.1, 0.15) is 5.65 Å². The molecule has 2 aromatic heterocycles. The number of likely N-dealkylation sites (tertiary alicyclic amines) is 1. The van der Waals surface area contributed by atoms with E-state index < -0.39 is 23.3 Å². The van der Waals surface area contributed by atoms with E-state index in [4.69, 9.17) is 10.7 Å². The second-order valence-electron chi connectivity index (χ2n) is 10.0. The van der Waals surface area contributed by atoms with Gasteiger partial charge >= 0.3 is 5.97 Å². The fourth-order valence-corrected chi connectivity index (χ4v) is 5.56. The molecule has 9 nitrogen and oxygen atoms in total. The van der Waals surface area contributed by atoms with E-state index in [2.05, 4.69) is 34.4 Å². The first kappa shape index (κ1) is 23.3. The fraction of sp³-hybridized carbons (Fsp3) is 0.462. The van der Waals surface area contributed by atoms with Crippen LogP contribution in [0.5, 0.6) is 0 Å². The number of aliphatic carboxylic acids is 1. The molecule has 1 saturated heterocycles. The molecule has 0 spiro atoms. The van der Waals surface area contributed by atoms with Gasteiger partial charge in [0.25, 0.3) is 0 Å². The quantitative estimate of drug-likeness (QED) is 0.453. The van der Waals surface area contributed by atoms with Crippen molar-refractivity contribution in [2.45, 2.75) is 50.5 Å². The summed E-state index contributed by atoms with van der Waals surface area (Å²) in [6.45, 7) is 2.25. The molecule has 1 saturated carbocycles. The number of nitrogens with two attached hydrogens (primary N) is 1. The molecule has 35 heavy (non-hydrogen) atoms. The molecule has 5 rings (SSSR count). The van der Waals surface area contributed by atoms with Crippen LogP contribution in [-0.2, 0) is 9.59 Å². The maximum atomic E-state index is 12.2. The Morgan fingerprint density at radius 1 is 1.20 bits per heavy atom. The SMILES string of the molecule is CN1CCC(c2ccc(Nc3ncc4ccn(C(CC(N)=O)C5(C(=O)O)CCC5)c4n3)cc2)CC1. The van der Waals surface area contributed by atoms with Gasteiger partial charge in [-0.3, -0.25) is 9.59 Å². The standard InChI is InChI=1S/C26H32N6O3/c1-31-12-7-18(8-13-31)17-3-5-20(6-4-17)29-25-28-16-19-9-14-32(23(19)30-25)21(15-22(27)33)26(24(34)35)10-2-11-26/h3-6,9,14,16,18,21H,2,7-8,10-13,15H2,1H3,(H2,27,33)(H,34,35)(H,28,29,30). The van der Waals surface area contributed by atoms with Crippen molar-refractivity contribution in [2.75, 3.05) is 25.5 Å². The lowest BCUT2D eigenvalue weighted by molar-refractivity contribution is -0.159. The highest BCUT2D eigenvalue weighted by atomic mass is 16.4. The average Bonchev–Trinajstić information content (AvgIpc) is 3.21. The van der Waals surface area contributed by atoms with E-state index in [1.54, 1.807) is 17.0 Å². The molecule has 2 aliphatic rings. The Labute approximate surface area is 204 Å². The molecular formula is C26H32N6O3. The molecule has 9 heteroatoms. The third-order valence-corrected chi connectivity index (χ3v) is 7.85. The van der Waals surface area contributed by atoms with Crippen molar-refractivity contribution < 1.29 is 14.7 Å². The van der Waals surface area contributed by atoms with E-state index in [1.165, 1.54) is 18.4 Å². The number of rotatable bonds is 8. The number of benzene rings is 1. The van der Waals surface area contributed by atoms with Gasteiger partial charge in [0.2, 0.25) is 11.9 Å². The average molecular weight is 477 g/mol. The summed E-state index contributed by atoms with van der Waals surface area (Å²) in [6.07, 6.45) is 7.63. The Kier molecular flexibility index (Phi) is 6.19. The summed E-state index contributed by atoms with van der Waals surface area (Å²) in [5, 5.41) is 14.1. The van der Waals surface area contributed by atoms with Crippen molar-refractivity contribution in [3.8, 4) is 0 Å². The third kappa shape index (κ3) is 4.48. The van der Waals surface area contributed by atoms with Crippen LogP contribution in [0.15, 0.2) is 42.7 Å². The van der Waals surface area contributed by atoms with Crippen LogP contribution in [-0.4, -0.2) is 56.6 Å². The van der Waals surface area contributed by atoms with Crippen molar-refractivity contribution in [3.63, 3.8) is 0 Å². The lowest BCUT2D eigenvalue weighted by atomic mass is 9.63. The number of carboxylic acids is 1. The maximum absolute atomic E-state index is 12.2. The number of hydrogen-bond acceptors (Lipinski definition) is 6. The van der Waals surface area contributed by atoms with Crippen molar-refractivity contribution in [1.29, 1.82) is 0 Å². The van der Waals surface area contributed by atoms with Crippen LogP contribution in [0.3, 0.4) is 0 Å². The second kappa shape index (κ2) is 9.30. The van der Waals surface area contributed by atoms with E-state index in [0.29, 0.717) is 30.4 Å². The number of primary amides is 1. The molecule has 1 amide bonds. The Balaban J connectivity index is 1.40.